The lowest BCUT2D eigenvalue weighted by molar-refractivity contribution is -0.133. The van der Waals surface area contributed by atoms with Gasteiger partial charge in [0.25, 0.3) is 0 Å². The van der Waals surface area contributed by atoms with Gasteiger partial charge in [-0.05, 0) is 32.9 Å². The van der Waals surface area contributed by atoms with E-state index < -0.39 is 5.97 Å². The van der Waals surface area contributed by atoms with Crippen LogP contribution in [0.3, 0.4) is 0 Å². The molecule has 1 aliphatic heterocycles. The molecule has 1 aromatic heterocycles. The predicted octanol–water partition coefficient (Wildman–Crippen LogP) is 3.38. The van der Waals surface area contributed by atoms with E-state index in [1.807, 2.05) is 35.8 Å². The van der Waals surface area contributed by atoms with E-state index in [1.165, 1.54) is 37.9 Å². The van der Waals surface area contributed by atoms with Gasteiger partial charge in [-0.15, -0.1) is 16.8 Å². The molecule has 140 valence electrons. The lowest BCUT2D eigenvalue weighted by Gasteiger charge is -2.08. The van der Waals surface area contributed by atoms with E-state index in [9.17, 15) is 4.79 Å². The largest absolute Gasteiger partial charge is 0.481 e. The monoisotopic (exact) mass is 374 g/mol. The molecule has 1 saturated heterocycles. The van der Waals surface area contributed by atoms with Crippen LogP contribution in [0.25, 0.3) is 11.4 Å². The minimum absolute atomic E-state index is 0.0385. The van der Waals surface area contributed by atoms with Crippen LogP contribution in [0.1, 0.15) is 24.8 Å². The summed E-state index contributed by atoms with van der Waals surface area (Å²) in [7, 11) is 0. The van der Waals surface area contributed by atoms with Crippen LogP contribution in [0.15, 0.2) is 42.1 Å². The van der Waals surface area contributed by atoms with E-state index in [2.05, 4.69) is 22.1 Å². The van der Waals surface area contributed by atoms with Crippen molar-refractivity contribution in [3.05, 3.63) is 42.5 Å². The first kappa shape index (κ1) is 20.2. The molecule has 0 bridgehead atoms. The number of nitrogens with one attached hydrogen (secondary N) is 1. The third-order valence-electron chi connectivity index (χ3n) is 3.87. The number of aryl methyl sites for hydroxylation is 1. The fraction of sp³-hybridized carbons (Fsp3) is 0.421. The van der Waals surface area contributed by atoms with Gasteiger partial charge in [-0.2, -0.15) is 0 Å². The summed E-state index contributed by atoms with van der Waals surface area (Å²) in [6.45, 7) is 8.78. The summed E-state index contributed by atoms with van der Waals surface area (Å²) < 4.78 is 1.87. The van der Waals surface area contributed by atoms with Gasteiger partial charge in [-0.3, -0.25) is 9.36 Å². The number of aromatic nitrogens is 3. The Morgan fingerprint density at radius 3 is 2.46 bits per heavy atom. The van der Waals surface area contributed by atoms with Gasteiger partial charge in [0.15, 0.2) is 11.0 Å². The number of carbonyl (C=O) groups is 1. The second kappa shape index (κ2) is 10.8. The Labute approximate surface area is 158 Å². The number of allylic oxidation sites excluding steroid dienone is 1. The van der Waals surface area contributed by atoms with E-state index in [4.69, 9.17) is 5.11 Å². The fourth-order valence-corrected chi connectivity index (χ4v) is 3.20. The van der Waals surface area contributed by atoms with Crippen molar-refractivity contribution in [2.24, 2.45) is 0 Å². The van der Waals surface area contributed by atoms with Gasteiger partial charge in [-0.25, -0.2) is 0 Å². The topological polar surface area (TPSA) is 80.0 Å². The molecule has 6 nitrogen and oxygen atoms in total. The molecule has 0 saturated carbocycles. The average molecular weight is 375 g/mol. The van der Waals surface area contributed by atoms with E-state index in [0.29, 0.717) is 11.7 Å². The quantitative estimate of drug-likeness (QED) is 0.596. The van der Waals surface area contributed by atoms with Crippen molar-refractivity contribution in [3.8, 4) is 11.4 Å². The Balaban J connectivity index is 0.000000342. The molecular formula is C19H26N4O2S. The first-order chi connectivity index (χ1) is 12.6. The van der Waals surface area contributed by atoms with Crippen LogP contribution in [-0.2, 0) is 11.3 Å². The van der Waals surface area contributed by atoms with Crippen molar-refractivity contribution in [2.75, 3.05) is 18.8 Å². The molecule has 1 aromatic carbocycles. The van der Waals surface area contributed by atoms with Crippen molar-refractivity contribution in [2.45, 2.75) is 37.9 Å². The SMILES string of the molecule is C1CCNCC1.C=CCn1c(SCC(=O)O)nnc1-c1ccc(C)cc1. The van der Waals surface area contributed by atoms with Gasteiger partial charge < -0.3 is 10.4 Å². The Morgan fingerprint density at radius 2 is 1.96 bits per heavy atom. The molecule has 2 aromatic rings. The molecule has 0 aliphatic carbocycles. The van der Waals surface area contributed by atoms with Crippen LogP contribution < -0.4 is 5.32 Å². The summed E-state index contributed by atoms with van der Waals surface area (Å²) in [5, 5.41) is 20.9. The van der Waals surface area contributed by atoms with Gasteiger partial charge >= 0.3 is 5.97 Å². The Morgan fingerprint density at radius 1 is 1.27 bits per heavy atom. The molecule has 0 atom stereocenters. The Hall–Kier alpha value is -2.12. The van der Waals surface area contributed by atoms with Crippen molar-refractivity contribution in [3.63, 3.8) is 0 Å². The van der Waals surface area contributed by atoms with Gasteiger partial charge in [0, 0.05) is 12.1 Å². The number of piperidine rings is 1. The highest BCUT2D eigenvalue weighted by Crippen LogP contribution is 2.24. The van der Waals surface area contributed by atoms with Crippen LogP contribution in [0.2, 0.25) is 0 Å². The standard InChI is InChI=1S/C14H15N3O2S.C5H11N/c1-3-8-17-13(11-6-4-10(2)5-7-11)15-16-14(17)20-9-12(18)19;1-2-4-6-5-3-1/h3-7H,1,8-9H2,2H3,(H,18,19);6H,1-5H2. The minimum Gasteiger partial charge on any atom is -0.481 e. The second-order valence-electron chi connectivity index (χ2n) is 6.06. The van der Waals surface area contributed by atoms with Crippen molar-refractivity contribution >= 4 is 17.7 Å². The minimum atomic E-state index is -0.875. The molecule has 0 spiro atoms. The summed E-state index contributed by atoms with van der Waals surface area (Å²) in [5.41, 5.74) is 2.12. The molecule has 3 rings (SSSR count). The van der Waals surface area contributed by atoms with Gasteiger partial charge in [-0.1, -0.05) is 54.1 Å². The number of benzene rings is 1. The van der Waals surface area contributed by atoms with Gasteiger partial charge in [0.05, 0.1) is 5.75 Å². The van der Waals surface area contributed by atoms with E-state index in [0.717, 1.165) is 23.1 Å². The highest BCUT2D eigenvalue weighted by Gasteiger charge is 2.14. The number of nitrogens with zero attached hydrogens (tertiary/aromatic N) is 3. The molecule has 2 heterocycles. The lowest BCUT2D eigenvalue weighted by atomic mass is 10.1. The maximum absolute atomic E-state index is 10.7. The van der Waals surface area contributed by atoms with Crippen molar-refractivity contribution in [1.82, 2.24) is 20.1 Å². The molecular weight excluding hydrogens is 348 g/mol. The molecule has 0 radical (unpaired) electrons. The maximum Gasteiger partial charge on any atom is 0.313 e. The van der Waals surface area contributed by atoms with Crippen LogP contribution in [0.4, 0.5) is 0 Å². The molecule has 26 heavy (non-hydrogen) atoms. The number of thioether (sulfide) groups is 1. The zero-order valence-corrected chi connectivity index (χ0v) is 16.0. The zero-order chi connectivity index (χ0) is 18.8. The number of carboxylic acids is 1. The first-order valence-corrected chi connectivity index (χ1v) is 9.77. The molecule has 2 N–H and O–H groups in total. The third kappa shape index (κ3) is 6.31. The summed E-state index contributed by atoms with van der Waals surface area (Å²) in [6, 6.07) is 7.97. The van der Waals surface area contributed by atoms with E-state index in [-0.39, 0.29) is 5.75 Å². The Kier molecular flexibility index (Phi) is 8.37. The van der Waals surface area contributed by atoms with Crippen LogP contribution >= 0.6 is 11.8 Å². The van der Waals surface area contributed by atoms with E-state index >= 15 is 0 Å². The third-order valence-corrected chi connectivity index (χ3v) is 4.82. The van der Waals surface area contributed by atoms with Gasteiger partial charge in [0.2, 0.25) is 0 Å². The zero-order valence-electron chi connectivity index (χ0n) is 15.1. The molecule has 0 amide bonds. The smallest absolute Gasteiger partial charge is 0.313 e. The Bertz CT molecular complexity index is 697. The van der Waals surface area contributed by atoms with Crippen molar-refractivity contribution < 1.29 is 9.90 Å². The summed E-state index contributed by atoms with van der Waals surface area (Å²) in [4.78, 5) is 10.7. The highest BCUT2D eigenvalue weighted by atomic mass is 32.2. The van der Waals surface area contributed by atoms with Crippen LogP contribution in [-0.4, -0.2) is 44.7 Å². The molecule has 1 fully saturated rings. The van der Waals surface area contributed by atoms with E-state index in [1.54, 1.807) is 6.08 Å². The highest BCUT2D eigenvalue weighted by molar-refractivity contribution is 7.99. The van der Waals surface area contributed by atoms with Gasteiger partial charge in [0.1, 0.15) is 0 Å². The number of aliphatic carboxylic acids is 1. The van der Waals surface area contributed by atoms with Crippen LogP contribution in [0.5, 0.6) is 0 Å². The second-order valence-corrected chi connectivity index (χ2v) is 7.01. The number of carboxylic acid groups (broad SMARTS) is 1. The predicted molar refractivity (Wildman–Crippen MR) is 105 cm³/mol. The maximum atomic E-state index is 10.7. The molecule has 7 heteroatoms. The molecule has 1 aliphatic rings. The molecule has 0 unspecified atom stereocenters. The normalized spacial score (nSPS) is 13.6. The fourth-order valence-electron chi connectivity index (χ4n) is 2.53. The summed E-state index contributed by atoms with van der Waals surface area (Å²) >= 11 is 1.16. The summed E-state index contributed by atoms with van der Waals surface area (Å²) in [5.74, 6) is -0.193. The number of rotatable bonds is 6. The number of hydrogen-bond donors (Lipinski definition) is 2. The summed E-state index contributed by atoms with van der Waals surface area (Å²) in [6.07, 6.45) is 5.96. The van der Waals surface area contributed by atoms with Crippen molar-refractivity contribution in [1.29, 1.82) is 0 Å². The lowest BCUT2D eigenvalue weighted by Crippen LogP contribution is -2.21. The first-order valence-electron chi connectivity index (χ1n) is 8.78. The average Bonchev–Trinajstić information content (AvgIpc) is 3.06. The van der Waals surface area contributed by atoms with Crippen LogP contribution in [0, 0.1) is 6.92 Å². The number of hydrogen-bond acceptors (Lipinski definition) is 5.